The number of anilines is 1. The molecule has 8 nitrogen and oxygen atoms in total. The van der Waals surface area contributed by atoms with E-state index >= 15 is 8.78 Å². The number of halogens is 5. The van der Waals surface area contributed by atoms with Gasteiger partial charge in [0.25, 0.3) is 0 Å². The van der Waals surface area contributed by atoms with Crippen molar-refractivity contribution in [2.24, 2.45) is 0 Å². The molecule has 0 radical (unpaired) electrons. The first-order valence-electron chi connectivity index (χ1n) is 15.8. The lowest BCUT2D eigenvalue weighted by Crippen LogP contribution is -2.55. The summed E-state index contributed by atoms with van der Waals surface area (Å²) in [7, 11) is 0. The predicted molar refractivity (Wildman–Crippen MR) is 174 cm³/mol. The van der Waals surface area contributed by atoms with E-state index in [0.29, 0.717) is 18.4 Å². The van der Waals surface area contributed by atoms with E-state index in [0.717, 1.165) is 25.5 Å². The topological polar surface area (TPSA) is 85.6 Å². The molecule has 0 unspecified atom stereocenters. The number of nitrogens with zero attached hydrogens (tertiary/aromatic N) is 6. The van der Waals surface area contributed by atoms with Crippen molar-refractivity contribution in [2.75, 3.05) is 44.2 Å². The average Bonchev–Trinajstić information content (AvgIpc) is 3.61. The minimum Gasteiger partial charge on any atom is -0.461 e. The summed E-state index contributed by atoms with van der Waals surface area (Å²) >= 11 is 6.34. The number of amides is 1. The fourth-order valence-corrected chi connectivity index (χ4v) is 7.89. The number of nitriles is 1. The zero-order valence-corrected chi connectivity index (χ0v) is 26.6. The summed E-state index contributed by atoms with van der Waals surface area (Å²) in [5.41, 5.74) is -1.19. The van der Waals surface area contributed by atoms with Crippen molar-refractivity contribution < 1.29 is 27.1 Å². The van der Waals surface area contributed by atoms with Crippen LogP contribution >= 0.6 is 11.6 Å². The van der Waals surface area contributed by atoms with Crippen LogP contribution in [0.5, 0.6) is 6.01 Å². The molecule has 0 saturated carbocycles. The number of alkyl halides is 1. The van der Waals surface area contributed by atoms with E-state index in [9.17, 15) is 18.8 Å². The number of rotatable bonds is 7. The van der Waals surface area contributed by atoms with Crippen LogP contribution in [-0.4, -0.2) is 82.8 Å². The molecule has 7 rings (SSSR count). The molecule has 3 fully saturated rings. The van der Waals surface area contributed by atoms with Crippen LogP contribution in [0.2, 0.25) is 5.02 Å². The van der Waals surface area contributed by atoms with Crippen LogP contribution in [0.15, 0.2) is 49.1 Å². The number of piperazine rings is 1. The summed E-state index contributed by atoms with van der Waals surface area (Å²) < 4.78 is 68.2. The molecule has 3 atom stereocenters. The molecular weight excluding hydrogens is 648 g/mol. The highest BCUT2D eigenvalue weighted by Crippen LogP contribution is 2.43. The molecule has 3 saturated heterocycles. The third-order valence-corrected chi connectivity index (χ3v) is 10.2. The minimum atomic E-state index is -1.02. The molecule has 248 valence electrons. The highest BCUT2D eigenvalue weighted by Gasteiger charge is 2.49. The second-order valence-electron chi connectivity index (χ2n) is 12.6. The highest BCUT2D eigenvalue weighted by atomic mass is 35.5. The summed E-state index contributed by atoms with van der Waals surface area (Å²) in [6.07, 6.45) is 2.11. The third-order valence-electron chi connectivity index (χ3n) is 9.84. The van der Waals surface area contributed by atoms with Gasteiger partial charge in [-0.1, -0.05) is 42.4 Å². The first-order valence-corrected chi connectivity index (χ1v) is 16.2. The van der Waals surface area contributed by atoms with Gasteiger partial charge in [0.2, 0.25) is 5.91 Å². The molecule has 4 aromatic rings. The second-order valence-corrected chi connectivity index (χ2v) is 13.0. The average molecular weight is 679 g/mol. The lowest BCUT2D eigenvalue weighted by atomic mass is 9.95. The van der Waals surface area contributed by atoms with E-state index < -0.39 is 40.8 Å². The highest BCUT2D eigenvalue weighted by molar-refractivity contribution is 6.37. The Labute approximate surface area is 279 Å². The molecule has 48 heavy (non-hydrogen) atoms. The summed E-state index contributed by atoms with van der Waals surface area (Å²) in [6, 6.07) is 9.90. The predicted octanol–water partition coefficient (Wildman–Crippen LogP) is 6.59. The maximum atomic E-state index is 16.8. The number of ether oxygens (including phenoxy) is 1. The fraction of sp³-hybridized carbons (Fsp3) is 0.371. The number of aromatic nitrogens is 2. The molecule has 0 bridgehead atoms. The van der Waals surface area contributed by atoms with Crippen LogP contribution in [0.25, 0.3) is 32.8 Å². The number of carbonyl (C=O) groups is 1. The van der Waals surface area contributed by atoms with Crippen molar-refractivity contribution in [1.29, 1.82) is 5.26 Å². The first-order chi connectivity index (χ1) is 23.1. The van der Waals surface area contributed by atoms with Crippen molar-refractivity contribution in [3.63, 3.8) is 0 Å². The molecule has 0 aliphatic carbocycles. The lowest BCUT2D eigenvalue weighted by Gasteiger charge is -2.41. The van der Waals surface area contributed by atoms with Crippen LogP contribution in [0.4, 0.5) is 23.4 Å². The Bertz CT molecular complexity index is 2010. The zero-order valence-electron chi connectivity index (χ0n) is 25.9. The Balaban J connectivity index is 1.37. The number of hydrogen-bond donors (Lipinski definition) is 0. The lowest BCUT2D eigenvalue weighted by molar-refractivity contribution is -0.128. The third kappa shape index (κ3) is 5.39. The quantitative estimate of drug-likeness (QED) is 0.161. The van der Waals surface area contributed by atoms with Gasteiger partial charge in [-0.2, -0.15) is 15.2 Å². The molecule has 1 amide bonds. The van der Waals surface area contributed by atoms with Gasteiger partial charge in [0.05, 0.1) is 34.7 Å². The van der Waals surface area contributed by atoms with Crippen LogP contribution < -0.4 is 9.64 Å². The van der Waals surface area contributed by atoms with Crippen molar-refractivity contribution in [1.82, 2.24) is 19.8 Å². The molecule has 3 aromatic carbocycles. The van der Waals surface area contributed by atoms with Gasteiger partial charge in [0.1, 0.15) is 35.7 Å². The number of carbonyl (C=O) groups excluding carboxylic acids is 1. The van der Waals surface area contributed by atoms with Gasteiger partial charge in [0.15, 0.2) is 5.82 Å². The molecule has 1 aromatic heterocycles. The summed E-state index contributed by atoms with van der Waals surface area (Å²) in [5, 5.41) is 9.92. The van der Waals surface area contributed by atoms with Gasteiger partial charge in [-0.25, -0.2) is 17.6 Å². The second kappa shape index (κ2) is 12.5. The van der Waals surface area contributed by atoms with E-state index in [4.69, 9.17) is 16.3 Å². The number of fused-ring (bicyclic) bond motifs is 3. The molecular formula is C35H31ClF4N6O2. The van der Waals surface area contributed by atoms with Crippen LogP contribution in [-0.2, 0) is 4.79 Å². The van der Waals surface area contributed by atoms with Gasteiger partial charge < -0.3 is 14.5 Å². The number of hydrogen-bond acceptors (Lipinski definition) is 7. The summed E-state index contributed by atoms with van der Waals surface area (Å²) in [4.78, 5) is 27.0. The maximum Gasteiger partial charge on any atom is 0.319 e. The van der Waals surface area contributed by atoms with Crippen LogP contribution in [0.1, 0.15) is 25.7 Å². The Kier molecular flexibility index (Phi) is 8.37. The molecule has 0 N–H and O–H groups in total. The molecule has 0 spiro atoms. The fourth-order valence-electron chi connectivity index (χ4n) is 7.61. The van der Waals surface area contributed by atoms with Crippen molar-refractivity contribution in [3.8, 4) is 23.2 Å². The molecule has 13 heteroatoms. The summed E-state index contributed by atoms with van der Waals surface area (Å²) in [6.45, 7) is 5.27. The molecule has 3 aliphatic heterocycles. The summed E-state index contributed by atoms with van der Waals surface area (Å²) in [5.74, 6) is -2.87. The first kappa shape index (κ1) is 32.1. The zero-order chi connectivity index (χ0) is 33.7. The normalized spacial score (nSPS) is 22.7. The van der Waals surface area contributed by atoms with Crippen molar-refractivity contribution in [2.45, 2.75) is 43.4 Å². The van der Waals surface area contributed by atoms with Gasteiger partial charge >= 0.3 is 6.01 Å². The van der Waals surface area contributed by atoms with Gasteiger partial charge in [0, 0.05) is 43.4 Å². The van der Waals surface area contributed by atoms with E-state index in [2.05, 4.69) is 27.5 Å². The molecule has 4 heterocycles. The number of benzene rings is 3. The van der Waals surface area contributed by atoms with E-state index in [-0.39, 0.29) is 77.3 Å². The van der Waals surface area contributed by atoms with E-state index in [1.165, 1.54) is 29.2 Å². The Morgan fingerprint density at radius 3 is 2.77 bits per heavy atom. The van der Waals surface area contributed by atoms with Crippen LogP contribution in [0.3, 0.4) is 0 Å². The SMILES string of the molecule is C=CC(=O)N1CCN(c2nc(OC[C@@]34CCCN3C[C@H](F)C4)nc3c(F)c(-c4cccc5ccc(F)c(Cl)c45)c(F)cc23)C[C@@H]1CC#N. The van der Waals surface area contributed by atoms with Gasteiger partial charge in [-0.15, -0.1) is 0 Å². The van der Waals surface area contributed by atoms with Gasteiger partial charge in [-0.05, 0) is 48.5 Å². The Morgan fingerprint density at radius 1 is 1.15 bits per heavy atom. The van der Waals surface area contributed by atoms with E-state index in [1.54, 1.807) is 17.0 Å². The monoisotopic (exact) mass is 678 g/mol. The van der Waals surface area contributed by atoms with E-state index in [1.807, 2.05) is 0 Å². The maximum absolute atomic E-state index is 16.8. The Hall–Kier alpha value is -4.47. The van der Waals surface area contributed by atoms with Crippen molar-refractivity contribution in [3.05, 3.63) is 71.5 Å². The van der Waals surface area contributed by atoms with Crippen LogP contribution in [0, 0.1) is 28.8 Å². The minimum absolute atomic E-state index is 0.0104. The van der Waals surface area contributed by atoms with Gasteiger partial charge in [-0.3, -0.25) is 9.69 Å². The largest absolute Gasteiger partial charge is 0.461 e. The Morgan fingerprint density at radius 2 is 1.98 bits per heavy atom. The van der Waals surface area contributed by atoms with Crippen molar-refractivity contribution >= 4 is 45.0 Å². The molecule has 3 aliphatic rings. The smallest absolute Gasteiger partial charge is 0.319 e. The standard InChI is InChI=1S/C35H31ClF4N6O2/c1-2-27(47)46-14-13-44(18-22(46)9-11-41)33-24-15-26(39)29(23-6-3-5-20-7-8-25(38)30(36)28(20)23)31(40)32(24)42-34(43-33)48-19-35-10-4-12-45(35)17-21(37)16-35/h2-3,5-8,15,21-22H,1,4,9-10,12-14,16-19H2/t21-,22+,35+/m1/s1.